The molecule has 0 aliphatic rings. The summed E-state index contributed by atoms with van der Waals surface area (Å²) in [5.74, 6) is -0.418. The molecule has 8 nitrogen and oxygen atoms in total. The average Bonchev–Trinajstić information content (AvgIpc) is 2.78. The van der Waals surface area contributed by atoms with E-state index >= 15 is 0 Å². The lowest BCUT2D eigenvalue weighted by Gasteiger charge is -2.13. The third-order valence-corrected chi connectivity index (χ3v) is 5.44. The van der Waals surface area contributed by atoms with Crippen LogP contribution in [0.5, 0.6) is 0 Å². The largest absolute Gasteiger partial charge is 0.333 e. The Morgan fingerprint density at radius 2 is 1.69 bits per heavy atom. The van der Waals surface area contributed by atoms with E-state index < -0.39 is 17.2 Å². The van der Waals surface area contributed by atoms with E-state index in [1.807, 2.05) is 26.0 Å². The summed E-state index contributed by atoms with van der Waals surface area (Å²) >= 11 is 5.93. The Balaban J connectivity index is 1.73. The molecule has 0 saturated heterocycles. The topological polar surface area (TPSA) is 98.9 Å². The number of nitrogens with zero attached hydrogens (tertiary/aromatic N) is 4. The second-order valence-corrected chi connectivity index (χ2v) is 7.90. The number of hydrogen-bond donors (Lipinski definition) is 1. The van der Waals surface area contributed by atoms with Crippen molar-refractivity contribution >= 4 is 34.4 Å². The molecule has 162 valence electrons. The van der Waals surface area contributed by atoms with Gasteiger partial charge in [-0.05, 0) is 54.8 Å². The summed E-state index contributed by atoms with van der Waals surface area (Å²) < 4.78 is 2.21. The quantitative estimate of drug-likeness (QED) is 0.505. The van der Waals surface area contributed by atoms with E-state index in [9.17, 15) is 14.4 Å². The minimum Gasteiger partial charge on any atom is -0.325 e. The van der Waals surface area contributed by atoms with Crippen LogP contribution in [0.1, 0.15) is 16.7 Å². The number of benzene rings is 2. The van der Waals surface area contributed by atoms with E-state index in [0.717, 1.165) is 20.3 Å². The molecule has 9 heteroatoms. The van der Waals surface area contributed by atoms with Gasteiger partial charge in [-0.3, -0.25) is 18.7 Å². The fraction of sp³-hybridized carbons (Fsp3) is 0.174. The van der Waals surface area contributed by atoms with Crippen LogP contribution in [0.25, 0.3) is 11.2 Å². The first-order valence-corrected chi connectivity index (χ1v) is 10.3. The molecule has 2 aromatic carbocycles. The van der Waals surface area contributed by atoms with E-state index in [4.69, 9.17) is 11.6 Å². The lowest BCUT2D eigenvalue weighted by atomic mass is 10.1. The van der Waals surface area contributed by atoms with Crippen LogP contribution in [0.3, 0.4) is 0 Å². The fourth-order valence-corrected chi connectivity index (χ4v) is 3.47. The number of nitrogens with one attached hydrogen (secondary N) is 1. The molecule has 2 heterocycles. The number of carbonyl (C=O) groups is 1. The first-order valence-electron chi connectivity index (χ1n) is 9.89. The molecule has 0 fully saturated rings. The highest BCUT2D eigenvalue weighted by Gasteiger charge is 2.17. The van der Waals surface area contributed by atoms with Crippen LogP contribution in [0, 0.1) is 13.8 Å². The van der Waals surface area contributed by atoms with Crippen LogP contribution < -0.4 is 16.6 Å². The molecule has 0 unspecified atom stereocenters. The third-order valence-electron chi connectivity index (χ3n) is 5.19. The monoisotopic (exact) mass is 449 g/mol. The van der Waals surface area contributed by atoms with E-state index in [2.05, 4.69) is 15.3 Å². The van der Waals surface area contributed by atoms with Gasteiger partial charge in [-0.2, -0.15) is 0 Å². The van der Waals surface area contributed by atoms with Crippen LogP contribution in [0.15, 0.2) is 64.4 Å². The molecule has 0 radical (unpaired) electrons. The number of aryl methyl sites for hydroxylation is 2. The fourth-order valence-electron chi connectivity index (χ4n) is 3.35. The van der Waals surface area contributed by atoms with E-state index in [1.165, 1.54) is 12.4 Å². The van der Waals surface area contributed by atoms with Gasteiger partial charge in [0.25, 0.3) is 5.56 Å². The number of rotatable bonds is 5. The van der Waals surface area contributed by atoms with Crippen LogP contribution in [-0.4, -0.2) is 25.0 Å². The minimum atomic E-state index is -0.645. The molecule has 4 rings (SSSR count). The van der Waals surface area contributed by atoms with Crippen molar-refractivity contribution in [3.8, 4) is 0 Å². The van der Waals surface area contributed by atoms with Gasteiger partial charge in [0.05, 0.1) is 6.54 Å². The standard InChI is InChI=1S/C23H20ClN5O3/c1-14-3-8-18(11-15(14)2)27-19(30)13-28-21-20(25-9-10-26-21)22(31)29(23(28)32)12-16-4-6-17(24)7-5-16/h3-11H,12-13H2,1-2H3,(H,27,30). The third kappa shape index (κ3) is 4.31. The Hall–Kier alpha value is -3.78. The average molecular weight is 450 g/mol. The zero-order valence-corrected chi connectivity index (χ0v) is 18.3. The van der Waals surface area contributed by atoms with Crippen LogP contribution in [-0.2, 0) is 17.9 Å². The lowest BCUT2D eigenvalue weighted by Crippen LogP contribution is -2.42. The van der Waals surface area contributed by atoms with Gasteiger partial charge in [0.1, 0.15) is 6.54 Å². The summed E-state index contributed by atoms with van der Waals surface area (Å²) in [6, 6.07) is 12.4. The number of halogens is 1. The molecule has 1 amide bonds. The molecular formula is C23H20ClN5O3. The molecular weight excluding hydrogens is 430 g/mol. The molecule has 0 saturated carbocycles. The maximum Gasteiger partial charge on any atom is 0.333 e. The normalized spacial score (nSPS) is 11.0. The maximum absolute atomic E-state index is 13.2. The highest BCUT2D eigenvalue weighted by molar-refractivity contribution is 6.30. The molecule has 0 aliphatic carbocycles. The van der Waals surface area contributed by atoms with Crippen molar-refractivity contribution in [2.75, 3.05) is 5.32 Å². The summed E-state index contributed by atoms with van der Waals surface area (Å²) in [6.07, 6.45) is 2.75. The van der Waals surface area contributed by atoms with Crippen molar-refractivity contribution in [1.82, 2.24) is 19.1 Å². The second kappa shape index (κ2) is 8.76. The van der Waals surface area contributed by atoms with Gasteiger partial charge >= 0.3 is 5.69 Å². The number of aromatic nitrogens is 4. The molecule has 0 atom stereocenters. The van der Waals surface area contributed by atoms with Crippen LogP contribution >= 0.6 is 11.6 Å². The number of anilines is 1. The summed E-state index contributed by atoms with van der Waals surface area (Å²) in [4.78, 5) is 47.1. The molecule has 4 aromatic rings. The van der Waals surface area contributed by atoms with Gasteiger partial charge in [-0.25, -0.2) is 14.8 Å². The van der Waals surface area contributed by atoms with Gasteiger partial charge in [0, 0.05) is 23.1 Å². The van der Waals surface area contributed by atoms with E-state index in [-0.39, 0.29) is 24.3 Å². The Bertz CT molecular complexity index is 1440. The smallest absolute Gasteiger partial charge is 0.325 e. The molecule has 2 aromatic heterocycles. The lowest BCUT2D eigenvalue weighted by molar-refractivity contribution is -0.116. The van der Waals surface area contributed by atoms with Gasteiger partial charge in [0.2, 0.25) is 5.91 Å². The summed E-state index contributed by atoms with van der Waals surface area (Å²) in [5.41, 5.74) is 2.33. The van der Waals surface area contributed by atoms with E-state index in [1.54, 1.807) is 30.3 Å². The van der Waals surface area contributed by atoms with Crippen molar-refractivity contribution in [2.24, 2.45) is 0 Å². The Morgan fingerprint density at radius 3 is 2.41 bits per heavy atom. The second-order valence-electron chi connectivity index (χ2n) is 7.46. The predicted octanol–water partition coefficient (Wildman–Crippen LogP) is 2.91. The number of hydrogen-bond acceptors (Lipinski definition) is 5. The number of fused-ring (bicyclic) bond motifs is 1. The van der Waals surface area contributed by atoms with Gasteiger partial charge in [-0.15, -0.1) is 0 Å². The first-order chi connectivity index (χ1) is 15.3. The molecule has 32 heavy (non-hydrogen) atoms. The van der Waals surface area contributed by atoms with Crippen molar-refractivity contribution in [3.63, 3.8) is 0 Å². The summed E-state index contributed by atoms with van der Waals surface area (Å²) in [7, 11) is 0. The molecule has 0 aliphatic heterocycles. The minimum absolute atomic E-state index is 0.0139. The highest BCUT2D eigenvalue weighted by Crippen LogP contribution is 2.14. The maximum atomic E-state index is 13.2. The Morgan fingerprint density at radius 1 is 0.969 bits per heavy atom. The predicted molar refractivity (Wildman–Crippen MR) is 123 cm³/mol. The Labute approximate surface area is 188 Å². The van der Waals surface area contributed by atoms with Crippen molar-refractivity contribution < 1.29 is 4.79 Å². The molecule has 1 N–H and O–H groups in total. The molecule has 0 spiro atoms. The molecule has 0 bridgehead atoms. The van der Waals surface area contributed by atoms with Gasteiger partial charge in [0.15, 0.2) is 11.2 Å². The Kier molecular flexibility index (Phi) is 5.87. The SMILES string of the molecule is Cc1ccc(NC(=O)Cn2c(=O)n(Cc3ccc(Cl)cc3)c(=O)c3nccnc32)cc1C. The van der Waals surface area contributed by atoms with Crippen molar-refractivity contribution in [2.45, 2.75) is 26.9 Å². The van der Waals surface area contributed by atoms with Crippen molar-refractivity contribution in [3.05, 3.63) is 97.4 Å². The van der Waals surface area contributed by atoms with Crippen molar-refractivity contribution in [1.29, 1.82) is 0 Å². The zero-order valence-electron chi connectivity index (χ0n) is 17.5. The highest BCUT2D eigenvalue weighted by atomic mass is 35.5. The number of amides is 1. The van der Waals surface area contributed by atoms with E-state index in [0.29, 0.717) is 16.3 Å². The first kappa shape index (κ1) is 21.5. The van der Waals surface area contributed by atoms with Crippen LogP contribution in [0.4, 0.5) is 5.69 Å². The van der Waals surface area contributed by atoms with Crippen LogP contribution in [0.2, 0.25) is 5.02 Å². The summed E-state index contributed by atoms with van der Waals surface area (Å²) in [6.45, 7) is 3.63. The van der Waals surface area contributed by atoms with Gasteiger partial charge in [-0.1, -0.05) is 29.8 Å². The number of carbonyl (C=O) groups excluding carboxylic acids is 1. The van der Waals surface area contributed by atoms with Gasteiger partial charge < -0.3 is 5.32 Å². The summed E-state index contributed by atoms with van der Waals surface area (Å²) in [5, 5.41) is 3.34. The zero-order chi connectivity index (χ0) is 22.8.